The number of fused-ring (bicyclic) bond motifs is 1. The van der Waals surface area contributed by atoms with Gasteiger partial charge in [0.1, 0.15) is 0 Å². The van der Waals surface area contributed by atoms with Crippen LogP contribution in [-0.2, 0) is 10.0 Å². The van der Waals surface area contributed by atoms with Crippen LogP contribution >= 0.6 is 0 Å². The van der Waals surface area contributed by atoms with Gasteiger partial charge in [0.05, 0.1) is 10.6 Å². The molecule has 3 rings (SSSR count). The summed E-state index contributed by atoms with van der Waals surface area (Å²) in [4.78, 5) is 9.97. The van der Waals surface area contributed by atoms with Gasteiger partial charge in [-0.1, -0.05) is 48.5 Å². The summed E-state index contributed by atoms with van der Waals surface area (Å²) in [6.07, 6.45) is 0. The molecule has 0 aliphatic carbocycles. The van der Waals surface area contributed by atoms with Crippen molar-refractivity contribution in [3.63, 3.8) is 0 Å². The lowest BCUT2D eigenvalue weighted by molar-refractivity contribution is -0.387. The molecule has 116 valence electrons. The van der Waals surface area contributed by atoms with Crippen LogP contribution in [0.15, 0.2) is 71.6 Å². The Bertz CT molecular complexity index is 994. The number of sulfonamides is 1. The Hall–Kier alpha value is -2.93. The number of anilines is 1. The molecule has 0 spiro atoms. The fourth-order valence-electron chi connectivity index (χ4n) is 2.35. The van der Waals surface area contributed by atoms with E-state index in [4.69, 9.17) is 0 Å². The van der Waals surface area contributed by atoms with Gasteiger partial charge in [-0.3, -0.25) is 14.8 Å². The van der Waals surface area contributed by atoms with Gasteiger partial charge in [0.25, 0.3) is 15.7 Å². The molecule has 7 heteroatoms. The Kier molecular flexibility index (Phi) is 3.71. The first-order chi connectivity index (χ1) is 11.0. The highest BCUT2D eigenvalue weighted by molar-refractivity contribution is 7.92. The highest BCUT2D eigenvalue weighted by Crippen LogP contribution is 2.28. The largest absolute Gasteiger partial charge is 0.289 e. The Morgan fingerprint density at radius 1 is 0.870 bits per heavy atom. The molecule has 0 fully saturated rings. The van der Waals surface area contributed by atoms with Gasteiger partial charge in [-0.25, -0.2) is 8.42 Å². The molecule has 0 saturated carbocycles. The average molecular weight is 328 g/mol. The predicted octanol–water partition coefficient (Wildman–Crippen LogP) is 3.55. The second-order valence-electron chi connectivity index (χ2n) is 4.86. The number of rotatable bonds is 4. The molecule has 3 aromatic carbocycles. The number of para-hydroxylation sites is 1. The second-order valence-corrected chi connectivity index (χ2v) is 6.51. The van der Waals surface area contributed by atoms with Crippen LogP contribution in [0.1, 0.15) is 0 Å². The number of hydrogen-bond acceptors (Lipinski definition) is 4. The monoisotopic (exact) mass is 328 g/mol. The van der Waals surface area contributed by atoms with E-state index < -0.39 is 20.6 Å². The zero-order valence-electron chi connectivity index (χ0n) is 11.8. The van der Waals surface area contributed by atoms with Crippen LogP contribution in [0.25, 0.3) is 10.8 Å². The minimum absolute atomic E-state index is 0.363. The van der Waals surface area contributed by atoms with Gasteiger partial charge in [0.15, 0.2) is 4.90 Å². The Labute approximate surface area is 132 Å². The van der Waals surface area contributed by atoms with Crippen molar-refractivity contribution >= 4 is 32.2 Å². The summed E-state index contributed by atoms with van der Waals surface area (Å²) < 4.78 is 27.6. The van der Waals surface area contributed by atoms with Gasteiger partial charge in [-0.15, -0.1) is 0 Å². The van der Waals surface area contributed by atoms with Gasteiger partial charge in [0, 0.05) is 11.5 Å². The molecule has 0 amide bonds. The first kappa shape index (κ1) is 15.0. The SMILES string of the molecule is O=[N+]([O-])c1ccccc1S(=O)(=O)Nc1cccc2ccccc12. The van der Waals surface area contributed by atoms with Gasteiger partial charge in [0.2, 0.25) is 0 Å². The lowest BCUT2D eigenvalue weighted by atomic mass is 10.1. The summed E-state index contributed by atoms with van der Waals surface area (Å²) >= 11 is 0. The van der Waals surface area contributed by atoms with Gasteiger partial charge < -0.3 is 0 Å². The molecule has 23 heavy (non-hydrogen) atoms. The van der Waals surface area contributed by atoms with Crippen molar-refractivity contribution in [3.8, 4) is 0 Å². The summed E-state index contributed by atoms with van der Waals surface area (Å²) in [5, 5.41) is 12.6. The maximum atomic E-state index is 12.6. The van der Waals surface area contributed by atoms with Crippen molar-refractivity contribution in [1.29, 1.82) is 0 Å². The van der Waals surface area contributed by atoms with E-state index in [0.717, 1.165) is 16.8 Å². The molecule has 0 radical (unpaired) electrons. The molecule has 0 aromatic heterocycles. The third kappa shape index (κ3) is 2.86. The van der Waals surface area contributed by atoms with E-state index in [9.17, 15) is 18.5 Å². The van der Waals surface area contributed by atoms with Crippen LogP contribution in [0.5, 0.6) is 0 Å². The van der Waals surface area contributed by atoms with Crippen molar-refractivity contribution < 1.29 is 13.3 Å². The topological polar surface area (TPSA) is 89.3 Å². The maximum Gasteiger partial charge on any atom is 0.289 e. The van der Waals surface area contributed by atoms with Gasteiger partial charge >= 0.3 is 0 Å². The van der Waals surface area contributed by atoms with Crippen molar-refractivity contribution in [3.05, 3.63) is 76.8 Å². The highest BCUT2D eigenvalue weighted by atomic mass is 32.2. The van der Waals surface area contributed by atoms with E-state index in [1.807, 2.05) is 18.2 Å². The molecule has 0 heterocycles. The highest BCUT2D eigenvalue weighted by Gasteiger charge is 2.25. The fourth-order valence-corrected chi connectivity index (χ4v) is 3.60. The predicted molar refractivity (Wildman–Crippen MR) is 87.9 cm³/mol. The van der Waals surface area contributed by atoms with E-state index in [1.54, 1.807) is 24.3 Å². The lowest BCUT2D eigenvalue weighted by Crippen LogP contribution is -2.14. The van der Waals surface area contributed by atoms with E-state index in [1.165, 1.54) is 18.2 Å². The van der Waals surface area contributed by atoms with Crippen LogP contribution in [-0.4, -0.2) is 13.3 Å². The molecule has 0 aliphatic heterocycles. The van der Waals surface area contributed by atoms with Crippen molar-refractivity contribution in [2.24, 2.45) is 0 Å². The first-order valence-corrected chi connectivity index (χ1v) is 8.21. The van der Waals surface area contributed by atoms with Crippen molar-refractivity contribution in [2.75, 3.05) is 4.72 Å². The second kappa shape index (κ2) is 5.69. The molecule has 0 aliphatic rings. The molecule has 3 aromatic rings. The zero-order valence-corrected chi connectivity index (χ0v) is 12.7. The summed E-state index contributed by atoms with van der Waals surface area (Å²) in [6.45, 7) is 0. The normalized spacial score (nSPS) is 11.3. The molecule has 0 atom stereocenters. The van der Waals surface area contributed by atoms with Crippen molar-refractivity contribution in [1.82, 2.24) is 0 Å². The van der Waals surface area contributed by atoms with Crippen molar-refractivity contribution in [2.45, 2.75) is 4.90 Å². The number of nitro benzene ring substituents is 1. The molecule has 6 nitrogen and oxygen atoms in total. The maximum absolute atomic E-state index is 12.6. The molecule has 0 saturated heterocycles. The lowest BCUT2D eigenvalue weighted by Gasteiger charge is -2.11. The Morgan fingerprint density at radius 3 is 2.30 bits per heavy atom. The molecular weight excluding hydrogens is 316 g/mol. The number of hydrogen-bond donors (Lipinski definition) is 1. The number of nitrogens with one attached hydrogen (secondary N) is 1. The average Bonchev–Trinajstić information content (AvgIpc) is 2.55. The van der Waals surface area contributed by atoms with E-state index in [2.05, 4.69) is 4.72 Å². The molecule has 0 bridgehead atoms. The first-order valence-electron chi connectivity index (χ1n) is 6.73. The fraction of sp³-hybridized carbons (Fsp3) is 0. The Morgan fingerprint density at radius 2 is 1.52 bits per heavy atom. The number of benzene rings is 3. The number of nitrogens with zero attached hydrogens (tertiary/aromatic N) is 1. The van der Waals surface area contributed by atoms with E-state index in [0.29, 0.717) is 5.69 Å². The van der Waals surface area contributed by atoms with E-state index >= 15 is 0 Å². The molecule has 0 unspecified atom stereocenters. The molecule has 1 N–H and O–H groups in total. The van der Waals surface area contributed by atoms with Gasteiger partial charge in [-0.05, 0) is 17.5 Å². The minimum atomic E-state index is -4.07. The van der Waals surface area contributed by atoms with Crippen LogP contribution in [0.4, 0.5) is 11.4 Å². The Balaban J connectivity index is 2.10. The summed E-state index contributed by atoms with van der Waals surface area (Å²) in [6, 6.07) is 17.7. The van der Waals surface area contributed by atoms with Crippen LogP contribution in [0.2, 0.25) is 0 Å². The zero-order chi connectivity index (χ0) is 16.4. The smallest absolute Gasteiger partial charge is 0.279 e. The van der Waals surface area contributed by atoms with Crippen LogP contribution in [0, 0.1) is 10.1 Å². The van der Waals surface area contributed by atoms with Crippen LogP contribution in [0.3, 0.4) is 0 Å². The minimum Gasteiger partial charge on any atom is -0.279 e. The standard InChI is InChI=1S/C16H12N2O4S/c19-18(20)15-10-3-4-11-16(15)23(21,22)17-14-9-5-7-12-6-1-2-8-13(12)14/h1-11,17H. The number of nitro groups is 1. The summed E-state index contributed by atoms with van der Waals surface area (Å²) in [5.41, 5.74) is -0.0820. The van der Waals surface area contributed by atoms with E-state index in [-0.39, 0.29) is 4.90 Å². The third-order valence-electron chi connectivity index (χ3n) is 3.39. The third-order valence-corrected chi connectivity index (χ3v) is 4.80. The quantitative estimate of drug-likeness (QED) is 0.586. The van der Waals surface area contributed by atoms with Gasteiger partial charge in [-0.2, -0.15) is 0 Å². The summed E-state index contributed by atoms with van der Waals surface area (Å²) in [5.74, 6) is 0. The van der Waals surface area contributed by atoms with Crippen LogP contribution < -0.4 is 4.72 Å². The summed E-state index contributed by atoms with van der Waals surface area (Å²) in [7, 11) is -4.07. The molecular formula is C16H12N2O4S.